The largest absolute Gasteiger partial charge is 0.244 e. The third kappa shape index (κ3) is 6.15. The minimum atomic E-state index is 0.749. The van der Waals surface area contributed by atoms with E-state index in [2.05, 4.69) is 86.6 Å². The highest BCUT2D eigenvalue weighted by molar-refractivity contribution is 6.55. The van der Waals surface area contributed by atoms with Crippen LogP contribution < -0.4 is 0 Å². The highest BCUT2D eigenvalue weighted by atomic mass is 14.9. The highest BCUT2D eigenvalue weighted by Crippen LogP contribution is 2.35. The van der Waals surface area contributed by atoms with Gasteiger partial charge in [0.15, 0.2) is 0 Å². The molecule has 0 atom stereocenters. The van der Waals surface area contributed by atoms with Crippen molar-refractivity contribution in [1.82, 2.24) is 0 Å². The Morgan fingerprint density at radius 1 is 0.283 bits per heavy atom. The first kappa shape index (κ1) is 28.8. The lowest BCUT2D eigenvalue weighted by Gasteiger charge is -2.17. The Labute approximate surface area is 269 Å². The monoisotopic (exact) mass is 592 g/mol. The molecule has 6 aromatic carbocycles. The molecule has 1 aliphatic rings. The van der Waals surface area contributed by atoms with E-state index in [4.69, 9.17) is 20.0 Å². The lowest BCUT2D eigenvalue weighted by atomic mass is 9.98. The molecule has 1 aliphatic heterocycles. The Kier molecular flexibility index (Phi) is 8.08. The molecule has 0 aromatic heterocycles. The summed E-state index contributed by atoms with van der Waals surface area (Å²) >= 11 is 0. The molecular weight excluding hydrogens is 560 g/mol. The van der Waals surface area contributed by atoms with Gasteiger partial charge in [-0.2, -0.15) is 0 Å². The summed E-state index contributed by atoms with van der Waals surface area (Å²) in [5.74, 6) is 0. The zero-order valence-corrected chi connectivity index (χ0v) is 25.8. The molecule has 1 heterocycles. The van der Waals surface area contributed by atoms with Crippen molar-refractivity contribution in [3.05, 3.63) is 191 Å². The van der Waals surface area contributed by atoms with Crippen molar-refractivity contribution in [2.24, 2.45) is 20.0 Å². The van der Waals surface area contributed by atoms with Gasteiger partial charge >= 0.3 is 0 Å². The van der Waals surface area contributed by atoms with Crippen molar-refractivity contribution in [2.75, 3.05) is 0 Å². The maximum Gasteiger partial charge on any atom is 0.0973 e. The van der Waals surface area contributed by atoms with Crippen molar-refractivity contribution >= 4 is 45.6 Å². The molecule has 7 rings (SSSR count). The second-order valence-electron chi connectivity index (χ2n) is 11.3. The van der Waals surface area contributed by atoms with Crippen LogP contribution in [0.4, 0.5) is 22.7 Å². The molecular formula is C42H32N4. The van der Waals surface area contributed by atoms with Gasteiger partial charge in [-0.3, -0.25) is 0 Å². The van der Waals surface area contributed by atoms with E-state index in [1.165, 1.54) is 0 Å². The number of nitrogens with zero attached hydrogens (tertiary/aromatic N) is 4. The first-order valence-corrected chi connectivity index (χ1v) is 15.4. The molecule has 0 amide bonds. The van der Waals surface area contributed by atoms with Gasteiger partial charge in [0.2, 0.25) is 0 Å². The van der Waals surface area contributed by atoms with Gasteiger partial charge in [0.1, 0.15) is 0 Å². The maximum atomic E-state index is 5.42. The van der Waals surface area contributed by atoms with Crippen LogP contribution in [0.2, 0.25) is 0 Å². The zero-order valence-electron chi connectivity index (χ0n) is 25.8. The molecule has 0 unspecified atom stereocenters. The van der Waals surface area contributed by atoms with Gasteiger partial charge in [0.05, 0.1) is 45.6 Å². The minimum absolute atomic E-state index is 0.749. The van der Waals surface area contributed by atoms with Crippen LogP contribution >= 0.6 is 0 Å². The summed E-state index contributed by atoms with van der Waals surface area (Å²) in [5, 5.41) is 0. The molecule has 4 nitrogen and oxygen atoms in total. The molecule has 0 aliphatic carbocycles. The van der Waals surface area contributed by atoms with E-state index in [1.54, 1.807) is 0 Å². The SMILES string of the molecule is Cc1ccc2c(c1)N=C(c1ccccc1)C(c1ccccc1)=Nc1ccc(C)cc1N=C(c1ccccc1)C(c1ccccc1)=N2. The second kappa shape index (κ2) is 12.9. The van der Waals surface area contributed by atoms with Crippen molar-refractivity contribution in [3.63, 3.8) is 0 Å². The molecule has 0 bridgehead atoms. The Morgan fingerprint density at radius 2 is 0.543 bits per heavy atom. The molecule has 220 valence electrons. The highest BCUT2D eigenvalue weighted by Gasteiger charge is 2.21. The predicted molar refractivity (Wildman–Crippen MR) is 193 cm³/mol. The van der Waals surface area contributed by atoms with Crippen LogP contribution in [0.1, 0.15) is 33.4 Å². The summed E-state index contributed by atoms with van der Waals surface area (Å²) in [6.07, 6.45) is 0. The van der Waals surface area contributed by atoms with E-state index in [-0.39, 0.29) is 0 Å². The standard InChI is InChI=1S/C42H32N4/c1-29-23-25-35-37(27-29)45-41(33-19-11-5-12-20-33)39(31-15-7-3-8-16-31)44-36-26-24-30(2)28-38(36)46-42(34-21-13-6-14-22-34)40(43-35)32-17-9-4-10-18-32/h3-28H,1-2H3. The minimum Gasteiger partial charge on any atom is -0.244 e. The van der Waals surface area contributed by atoms with Gasteiger partial charge in [-0.1, -0.05) is 133 Å². The zero-order chi connectivity index (χ0) is 31.3. The summed E-state index contributed by atoms with van der Waals surface area (Å²) < 4.78 is 0. The topological polar surface area (TPSA) is 49.4 Å². The third-order valence-corrected chi connectivity index (χ3v) is 7.83. The molecule has 0 saturated carbocycles. The summed E-state index contributed by atoms with van der Waals surface area (Å²) in [6, 6.07) is 53.5. The summed E-state index contributed by atoms with van der Waals surface area (Å²) in [4.78, 5) is 21.6. The summed E-state index contributed by atoms with van der Waals surface area (Å²) in [5.41, 5.74) is 12.1. The quantitative estimate of drug-likeness (QED) is 0.196. The van der Waals surface area contributed by atoms with Crippen LogP contribution in [0.5, 0.6) is 0 Å². The predicted octanol–water partition coefficient (Wildman–Crippen LogP) is 10.5. The van der Waals surface area contributed by atoms with Crippen molar-refractivity contribution in [2.45, 2.75) is 13.8 Å². The Hall–Kier alpha value is -6.00. The van der Waals surface area contributed by atoms with E-state index in [9.17, 15) is 0 Å². The molecule has 4 heteroatoms. The van der Waals surface area contributed by atoms with Crippen LogP contribution in [0.3, 0.4) is 0 Å². The van der Waals surface area contributed by atoms with E-state index < -0.39 is 0 Å². The van der Waals surface area contributed by atoms with Gasteiger partial charge in [-0.15, -0.1) is 0 Å². The van der Waals surface area contributed by atoms with Crippen LogP contribution in [-0.2, 0) is 0 Å². The Morgan fingerprint density at radius 3 is 0.826 bits per heavy atom. The van der Waals surface area contributed by atoms with Crippen LogP contribution in [-0.4, -0.2) is 22.8 Å². The van der Waals surface area contributed by atoms with Crippen LogP contribution in [0, 0.1) is 13.8 Å². The first-order chi connectivity index (χ1) is 22.6. The fourth-order valence-electron chi connectivity index (χ4n) is 5.52. The molecule has 0 radical (unpaired) electrons. The molecule has 0 saturated heterocycles. The van der Waals surface area contributed by atoms with Crippen LogP contribution in [0.15, 0.2) is 178 Å². The smallest absolute Gasteiger partial charge is 0.0973 e. The molecule has 0 spiro atoms. The Bertz CT molecular complexity index is 1970. The number of rotatable bonds is 4. The third-order valence-electron chi connectivity index (χ3n) is 7.83. The van der Waals surface area contributed by atoms with Gasteiger partial charge in [-0.25, -0.2) is 20.0 Å². The molecule has 0 N–H and O–H groups in total. The molecule has 46 heavy (non-hydrogen) atoms. The van der Waals surface area contributed by atoms with Gasteiger partial charge < -0.3 is 0 Å². The van der Waals surface area contributed by atoms with E-state index in [0.717, 1.165) is 79.0 Å². The first-order valence-electron chi connectivity index (χ1n) is 15.4. The van der Waals surface area contributed by atoms with Gasteiger partial charge in [-0.05, 0) is 49.2 Å². The number of fused-ring (bicyclic) bond motifs is 2. The average Bonchev–Trinajstić information content (AvgIpc) is 3.10. The number of benzene rings is 6. The van der Waals surface area contributed by atoms with E-state index in [0.29, 0.717) is 0 Å². The maximum absolute atomic E-state index is 5.42. The number of aliphatic imine (C=N–C) groups is 4. The Balaban J connectivity index is 1.64. The second-order valence-corrected chi connectivity index (χ2v) is 11.3. The van der Waals surface area contributed by atoms with Crippen molar-refractivity contribution in [3.8, 4) is 0 Å². The van der Waals surface area contributed by atoms with Gasteiger partial charge in [0, 0.05) is 22.3 Å². The summed E-state index contributed by atoms with van der Waals surface area (Å²) in [6.45, 7) is 4.16. The number of aryl methyl sites for hydroxylation is 2. The van der Waals surface area contributed by atoms with Crippen molar-refractivity contribution < 1.29 is 0 Å². The fraction of sp³-hybridized carbons (Fsp3) is 0.0476. The summed E-state index contributed by atoms with van der Waals surface area (Å²) in [7, 11) is 0. The fourth-order valence-corrected chi connectivity index (χ4v) is 5.52. The van der Waals surface area contributed by atoms with Crippen molar-refractivity contribution in [1.29, 1.82) is 0 Å². The van der Waals surface area contributed by atoms with E-state index >= 15 is 0 Å². The molecule has 6 aromatic rings. The molecule has 0 fully saturated rings. The normalized spacial score (nSPS) is 13.1. The lowest BCUT2D eigenvalue weighted by Crippen LogP contribution is -2.18. The number of hydrogen-bond acceptors (Lipinski definition) is 4. The number of hydrogen-bond donors (Lipinski definition) is 0. The van der Waals surface area contributed by atoms with Gasteiger partial charge in [0.25, 0.3) is 0 Å². The van der Waals surface area contributed by atoms with Crippen LogP contribution in [0.25, 0.3) is 0 Å². The van der Waals surface area contributed by atoms with E-state index in [1.807, 2.05) is 84.9 Å². The average molecular weight is 593 g/mol. The lowest BCUT2D eigenvalue weighted by molar-refractivity contribution is 1.37.